The van der Waals surface area contributed by atoms with Crippen LogP contribution in [0, 0.1) is 18.3 Å². The lowest BCUT2D eigenvalue weighted by Crippen LogP contribution is -2.03. The fraction of sp³-hybridized carbons (Fsp3) is 0.0270. The van der Waals surface area contributed by atoms with E-state index < -0.39 is 0 Å². The molecule has 0 saturated carbocycles. The molecule has 41 heavy (non-hydrogen) atoms. The molecule has 192 valence electrons. The van der Waals surface area contributed by atoms with Crippen LogP contribution >= 0.6 is 0 Å². The van der Waals surface area contributed by atoms with Gasteiger partial charge in [-0.15, -0.1) is 0 Å². The number of nitriles is 1. The Kier molecular flexibility index (Phi) is 6.03. The Bertz CT molecular complexity index is 2110. The Hall–Kier alpha value is -5.66. The van der Waals surface area contributed by atoms with E-state index >= 15 is 0 Å². The van der Waals surface area contributed by atoms with E-state index in [1.165, 1.54) is 0 Å². The predicted molar refractivity (Wildman–Crippen MR) is 166 cm³/mol. The summed E-state index contributed by atoms with van der Waals surface area (Å²) in [6.45, 7) is 2.08. The fourth-order valence-electron chi connectivity index (χ4n) is 5.45. The van der Waals surface area contributed by atoms with Crippen LogP contribution in [0.3, 0.4) is 0 Å². The van der Waals surface area contributed by atoms with Crippen molar-refractivity contribution in [2.45, 2.75) is 6.92 Å². The minimum atomic E-state index is 0.484. The van der Waals surface area contributed by atoms with Gasteiger partial charge in [-0.25, -0.2) is 15.0 Å². The van der Waals surface area contributed by atoms with Gasteiger partial charge >= 0.3 is 0 Å². The predicted octanol–water partition coefficient (Wildman–Crippen LogP) is 9.03. The molecule has 0 amide bonds. The Balaban J connectivity index is 1.50. The lowest BCUT2D eigenvalue weighted by Gasteiger charge is -2.14. The molecule has 0 unspecified atom stereocenters. The van der Waals surface area contributed by atoms with E-state index in [1.807, 2.05) is 66.7 Å². The lowest BCUT2D eigenvalue weighted by atomic mass is 9.97. The minimum Gasteiger partial charge on any atom is -0.208 e. The van der Waals surface area contributed by atoms with Gasteiger partial charge in [-0.05, 0) is 51.2 Å². The molecule has 0 aliphatic rings. The van der Waals surface area contributed by atoms with Crippen molar-refractivity contribution in [3.8, 4) is 51.4 Å². The Labute approximate surface area is 238 Å². The summed E-state index contributed by atoms with van der Waals surface area (Å²) >= 11 is 0. The SMILES string of the molecule is Cc1ccc2ccccc2c1-c1nc(-c2ccc(-c3ccccc3)cc2)nc(-c2c(C#N)ccc3ccccc23)n1. The molecule has 0 aliphatic carbocycles. The smallest absolute Gasteiger partial charge is 0.166 e. The van der Waals surface area contributed by atoms with Gasteiger partial charge in [0.25, 0.3) is 0 Å². The van der Waals surface area contributed by atoms with Crippen molar-refractivity contribution >= 4 is 21.5 Å². The lowest BCUT2D eigenvalue weighted by molar-refractivity contribution is 1.07. The minimum absolute atomic E-state index is 0.484. The van der Waals surface area contributed by atoms with E-state index in [0.29, 0.717) is 28.6 Å². The zero-order chi connectivity index (χ0) is 27.8. The van der Waals surface area contributed by atoms with Crippen molar-refractivity contribution in [1.29, 1.82) is 5.26 Å². The number of hydrogen-bond acceptors (Lipinski definition) is 4. The summed E-state index contributed by atoms with van der Waals surface area (Å²) in [6, 6.07) is 45.3. The highest BCUT2D eigenvalue weighted by atomic mass is 15.0. The average molecular weight is 525 g/mol. The van der Waals surface area contributed by atoms with E-state index in [9.17, 15) is 5.26 Å². The van der Waals surface area contributed by atoms with Crippen molar-refractivity contribution in [2.75, 3.05) is 0 Å². The molecule has 0 atom stereocenters. The number of benzene rings is 6. The van der Waals surface area contributed by atoms with Crippen LogP contribution in [0.15, 0.2) is 127 Å². The Morgan fingerprint density at radius 2 is 0.976 bits per heavy atom. The van der Waals surface area contributed by atoms with Crippen LogP contribution in [-0.4, -0.2) is 15.0 Å². The third kappa shape index (κ3) is 4.40. The summed E-state index contributed by atoms with van der Waals surface area (Å²) in [5.41, 5.74) is 6.44. The van der Waals surface area contributed by atoms with Crippen LogP contribution in [0.5, 0.6) is 0 Å². The van der Waals surface area contributed by atoms with Crippen molar-refractivity contribution in [3.05, 3.63) is 139 Å². The topological polar surface area (TPSA) is 62.5 Å². The van der Waals surface area contributed by atoms with Crippen LogP contribution in [-0.2, 0) is 0 Å². The van der Waals surface area contributed by atoms with E-state index in [4.69, 9.17) is 15.0 Å². The van der Waals surface area contributed by atoms with Crippen LogP contribution < -0.4 is 0 Å². The molecular formula is C37H24N4. The van der Waals surface area contributed by atoms with Gasteiger partial charge in [0.2, 0.25) is 0 Å². The van der Waals surface area contributed by atoms with E-state index in [0.717, 1.165) is 49.4 Å². The van der Waals surface area contributed by atoms with E-state index in [1.54, 1.807) is 0 Å². The first-order valence-electron chi connectivity index (χ1n) is 13.5. The van der Waals surface area contributed by atoms with Crippen LogP contribution in [0.4, 0.5) is 0 Å². The first-order valence-corrected chi connectivity index (χ1v) is 13.5. The second kappa shape index (κ2) is 10.1. The molecule has 1 heterocycles. The normalized spacial score (nSPS) is 11.0. The van der Waals surface area contributed by atoms with E-state index in [2.05, 4.69) is 73.7 Å². The van der Waals surface area contributed by atoms with Crippen LogP contribution in [0.2, 0.25) is 0 Å². The van der Waals surface area contributed by atoms with Crippen molar-refractivity contribution < 1.29 is 0 Å². The van der Waals surface area contributed by atoms with Crippen molar-refractivity contribution in [1.82, 2.24) is 15.0 Å². The number of aryl methyl sites for hydroxylation is 1. The molecule has 0 aliphatic heterocycles. The summed E-state index contributed by atoms with van der Waals surface area (Å²) < 4.78 is 0. The molecule has 1 aromatic heterocycles. The van der Waals surface area contributed by atoms with Gasteiger partial charge in [0.05, 0.1) is 11.6 Å². The first kappa shape index (κ1) is 24.4. The molecule has 0 N–H and O–H groups in total. The van der Waals surface area contributed by atoms with Gasteiger partial charge < -0.3 is 0 Å². The monoisotopic (exact) mass is 524 g/mol. The maximum atomic E-state index is 10.1. The van der Waals surface area contributed by atoms with Gasteiger partial charge in [0, 0.05) is 16.7 Å². The molecule has 4 nitrogen and oxygen atoms in total. The molecule has 0 spiro atoms. The highest BCUT2D eigenvalue weighted by molar-refractivity contribution is 5.99. The number of nitrogens with zero attached hydrogens (tertiary/aromatic N) is 4. The first-order chi connectivity index (χ1) is 20.2. The zero-order valence-electron chi connectivity index (χ0n) is 22.4. The number of rotatable bonds is 4. The highest BCUT2D eigenvalue weighted by Gasteiger charge is 2.19. The molecule has 7 rings (SSSR count). The Morgan fingerprint density at radius 3 is 1.66 bits per heavy atom. The molecule has 0 saturated heterocycles. The fourth-order valence-corrected chi connectivity index (χ4v) is 5.45. The number of hydrogen-bond donors (Lipinski definition) is 0. The summed E-state index contributed by atoms with van der Waals surface area (Å²) in [4.78, 5) is 15.1. The largest absolute Gasteiger partial charge is 0.208 e. The Morgan fingerprint density at radius 1 is 0.463 bits per heavy atom. The average Bonchev–Trinajstić information content (AvgIpc) is 3.04. The quantitative estimate of drug-likeness (QED) is 0.230. The second-order valence-electron chi connectivity index (χ2n) is 10.0. The van der Waals surface area contributed by atoms with Crippen LogP contribution in [0.1, 0.15) is 11.1 Å². The third-order valence-electron chi connectivity index (χ3n) is 7.52. The summed E-state index contributed by atoms with van der Waals surface area (Å²) in [5.74, 6) is 1.63. The maximum absolute atomic E-state index is 10.1. The molecular weight excluding hydrogens is 500 g/mol. The van der Waals surface area contributed by atoms with Gasteiger partial charge in [-0.2, -0.15) is 5.26 Å². The van der Waals surface area contributed by atoms with Crippen molar-refractivity contribution in [2.24, 2.45) is 0 Å². The number of aromatic nitrogens is 3. The molecule has 7 aromatic rings. The molecule has 4 heteroatoms. The van der Waals surface area contributed by atoms with Gasteiger partial charge in [-0.3, -0.25) is 0 Å². The standard InChI is InChI=1S/C37H24N4/c1-24-15-16-27-11-5-7-13-31(27)33(24)36-39-35(29-20-17-26(18-21-29)25-9-3-2-4-10-25)40-37(41-36)34-30(23-38)22-19-28-12-6-8-14-32(28)34/h2-22H,1H3. The highest BCUT2D eigenvalue weighted by Crippen LogP contribution is 2.35. The summed E-state index contributed by atoms with van der Waals surface area (Å²) in [6.07, 6.45) is 0. The molecule has 0 fully saturated rings. The van der Waals surface area contributed by atoms with Crippen LogP contribution in [0.25, 0.3) is 66.8 Å². The second-order valence-corrected chi connectivity index (χ2v) is 10.0. The van der Waals surface area contributed by atoms with Gasteiger partial charge in [0.1, 0.15) is 0 Å². The summed E-state index contributed by atoms with van der Waals surface area (Å²) in [7, 11) is 0. The van der Waals surface area contributed by atoms with E-state index in [-0.39, 0.29) is 0 Å². The maximum Gasteiger partial charge on any atom is 0.166 e. The zero-order valence-corrected chi connectivity index (χ0v) is 22.4. The molecule has 0 bridgehead atoms. The number of fused-ring (bicyclic) bond motifs is 2. The molecule has 6 aromatic carbocycles. The molecule has 0 radical (unpaired) electrons. The van der Waals surface area contributed by atoms with Gasteiger partial charge in [0.15, 0.2) is 17.5 Å². The third-order valence-corrected chi connectivity index (χ3v) is 7.52. The summed E-state index contributed by atoms with van der Waals surface area (Å²) in [5, 5.41) is 14.3. The van der Waals surface area contributed by atoms with Gasteiger partial charge in [-0.1, -0.05) is 121 Å². The van der Waals surface area contributed by atoms with Crippen molar-refractivity contribution in [3.63, 3.8) is 0 Å².